The Labute approximate surface area is 98.8 Å². The molecule has 3 heteroatoms. The Balaban J connectivity index is 4.26. The molecule has 0 aromatic heterocycles. The van der Waals surface area contributed by atoms with Gasteiger partial charge in [-0.3, -0.25) is 0 Å². The number of nitrogens with zero attached hydrogens (tertiary/aromatic N) is 1. The maximum atomic E-state index is 4.72. The second-order valence-electron chi connectivity index (χ2n) is 4.82. The van der Waals surface area contributed by atoms with Gasteiger partial charge < -0.3 is 0 Å². The van der Waals surface area contributed by atoms with Crippen molar-refractivity contribution >= 4 is 0 Å². The Hall–Kier alpha value is 0.500. The summed E-state index contributed by atoms with van der Waals surface area (Å²) in [6, 6.07) is 0. The average Bonchev–Trinajstić information content (AvgIpc) is 2.11. The predicted octanol–water partition coefficient (Wildman–Crippen LogP) is 3.52. The standard InChI is InChI=1S/C7H16N.C4H9N.Nb/c1-4-7(8,5-2)6-3;1-4(2,3)5;/h8H,4-6H2,1-3H3;1-3H3;/q-1;;+1. The first kappa shape index (κ1) is 14.5. The summed E-state index contributed by atoms with van der Waals surface area (Å²) in [7, 11) is 0. The summed E-state index contributed by atoms with van der Waals surface area (Å²) >= 11 is -0.554. The van der Waals surface area contributed by atoms with Crippen molar-refractivity contribution < 1.29 is 19.8 Å². The van der Waals surface area contributed by atoms with E-state index < -0.39 is 19.8 Å². The summed E-state index contributed by atoms with van der Waals surface area (Å²) in [5, 5.41) is 0. The molecule has 0 aliphatic carbocycles. The van der Waals surface area contributed by atoms with Crippen molar-refractivity contribution in [3.05, 3.63) is 0 Å². The van der Waals surface area contributed by atoms with Gasteiger partial charge >= 0.3 is 98.8 Å². The van der Waals surface area contributed by atoms with E-state index in [2.05, 4.69) is 45.3 Å². The zero-order valence-electron chi connectivity index (χ0n) is 10.5. The first-order chi connectivity index (χ1) is 6.39. The quantitative estimate of drug-likeness (QED) is 0.764. The second kappa shape index (κ2) is 6.16. The first-order valence-electron chi connectivity index (χ1n) is 5.58. The van der Waals surface area contributed by atoms with Crippen LogP contribution in [-0.4, -0.2) is 11.1 Å². The molecule has 0 aromatic carbocycles. The van der Waals surface area contributed by atoms with Gasteiger partial charge in [0.15, 0.2) is 0 Å². The van der Waals surface area contributed by atoms with Crippen LogP contribution in [0.1, 0.15) is 60.8 Å². The second-order valence-corrected chi connectivity index (χ2v) is 6.36. The van der Waals surface area contributed by atoms with Gasteiger partial charge in [0.1, 0.15) is 0 Å². The van der Waals surface area contributed by atoms with Crippen LogP contribution in [0.3, 0.4) is 0 Å². The first-order valence-corrected chi connectivity index (χ1v) is 7.66. The molecular formula is C11H25N2Nb. The minimum atomic E-state index is -0.554. The van der Waals surface area contributed by atoms with Gasteiger partial charge in [-0.15, -0.1) is 0 Å². The molecule has 0 saturated carbocycles. The van der Waals surface area contributed by atoms with E-state index >= 15 is 0 Å². The van der Waals surface area contributed by atoms with Gasteiger partial charge in [0, 0.05) is 0 Å². The molecule has 0 bridgehead atoms. The normalized spacial score (nSPS) is 13.9. The number of hydrogen-bond acceptors (Lipinski definition) is 1. The average molecular weight is 278 g/mol. The van der Waals surface area contributed by atoms with Crippen molar-refractivity contribution in [1.82, 2.24) is 3.72 Å². The zero-order valence-corrected chi connectivity index (χ0v) is 12.7. The third kappa shape index (κ3) is 5.40. The third-order valence-electron chi connectivity index (χ3n) is 2.67. The van der Waals surface area contributed by atoms with Crippen LogP contribution in [0.25, 0.3) is 0 Å². The molecular weight excluding hydrogens is 253 g/mol. The van der Waals surface area contributed by atoms with Gasteiger partial charge in [0.05, 0.1) is 0 Å². The van der Waals surface area contributed by atoms with Crippen molar-refractivity contribution in [3.8, 4) is 0 Å². The summed E-state index contributed by atoms with van der Waals surface area (Å²) in [6.07, 6.45) is 3.65. The molecule has 0 saturated heterocycles. The summed E-state index contributed by atoms with van der Waals surface area (Å²) in [5.41, 5.74) is 0.511. The molecule has 0 unspecified atom stereocenters. The van der Waals surface area contributed by atoms with Crippen LogP contribution >= 0.6 is 0 Å². The van der Waals surface area contributed by atoms with E-state index in [0.717, 1.165) is 0 Å². The van der Waals surface area contributed by atoms with Crippen molar-refractivity contribution in [2.75, 3.05) is 0 Å². The van der Waals surface area contributed by atoms with Gasteiger partial charge in [-0.1, -0.05) is 0 Å². The Morgan fingerprint density at radius 3 is 1.71 bits per heavy atom. The number of nitrogens with one attached hydrogen (secondary N) is 1. The Bertz CT molecular complexity index is 170. The van der Waals surface area contributed by atoms with Crippen LogP contribution in [0.15, 0.2) is 3.34 Å². The number of rotatable bonds is 5. The SMILES string of the molecule is CCC(CC)(CC)[NH]/[Nb]=[N]/C(C)(C)C. The summed E-state index contributed by atoms with van der Waals surface area (Å²) < 4.78 is 8.45. The maximum absolute atomic E-state index is 4.72. The van der Waals surface area contributed by atoms with Gasteiger partial charge in [-0.25, -0.2) is 0 Å². The van der Waals surface area contributed by atoms with Crippen LogP contribution in [-0.2, 0) is 19.8 Å². The Morgan fingerprint density at radius 2 is 1.43 bits per heavy atom. The Kier molecular flexibility index (Phi) is 6.38. The van der Waals surface area contributed by atoms with Gasteiger partial charge in [0.25, 0.3) is 0 Å². The summed E-state index contributed by atoms with van der Waals surface area (Å²) in [5.74, 6) is 0. The van der Waals surface area contributed by atoms with Gasteiger partial charge in [-0.2, -0.15) is 0 Å². The fraction of sp³-hybridized carbons (Fsp3) is 1.00. The molecule has 2 nitrogen and oxygen atoms in total. The monoisotopic (exact) mass is 278 g/mol. The van der Waals surface area contributed by atoms with E-state index in [1.165, 1.54) is 19.3 Å². The van der Waals surface area contributed by atoms with E-state index in [1.807, 2.05) is 0 Å². The summed E-state index contributed by atoms with van der Waals surface area (Å²) in [4.78, 5) is 0. The van der Waals surface area contributed by atoms with Crippen LogP contribution in [0.5, 0.6) is 0 Å². The molecule has 1 N–H and O–H groups in total. The van der Waals surface area contributed by atoms with Gasteiger partial charge in [-0.05, 0) is 0 Å². The molecule has 0 fully saturated rings. The molecule has 0 spiro atoms. The van der Waals surface area contributed by atoms with Gasteiger partial charge in [0.2, 0.25) is 0 Å². The molecule has 0 rings (SSSR count). The van der Waals surface area contributed by atoms with E-state index in [-0.39, 0.29) is 5.54 Å². The van der Waals surface area contributed by atoms with Crippen LogP contribution < -0.4 is 3.72 Å². The van der Waals surface area contributed by atoms with E-state index in [9.17, 15) is 0 Å². The fourth-order valence-corrected chi connectivity index (χ4v) is 3.82. The van der Waals surface area contributed by atoms with Crippen molar-refractivity contribution in [2.24, 2.45) is 3.34 Å². The minimum absolute atomic E-state index is 0.144. The van der Waals surface area contributed by atoms with Crippen LogP contribution in [0, 0.1) is 0 Å². The fourth-order valence-electron chi connectivity index (χ4n) is 1.27. The van der Waals surface area contributed by atoms with Crippen molar-refractivity contribution in [1.29, 1.82) is 0 Å². The molecule has 0 amide bonds. The van der Waals surface area contributed by atoms with E-state index in [0.29, 0.717) is 5.54 Å². The third-order valence-corrected chi connectivity index (χ3v) is 5.80. The summed E-state index contributed by atoms with van der Waals surface area (Å²) in [6.45, 7) is 13.3. The van der Waals surface area contributed by atoms with E-state index in [1.54, 1.807) is 0 Å². The molecule has 14 heavy (non-hydrogen) atoms. The molecule has 0 aliphatic rings. The van der Waals surface area contributed by atoms with Crippen molar-refractivity contribution in [2.45, 2.75) is 71.9 Å². The Morgan fingerprint density at radius 1 is 1.00 bits per heavy atom. The van der Waals surface area contributed by atoms with Crippen LogP contribution in [0.4, 0.5) is 0 Å². The van der Waals surface area contributed by atoms with Crippen molar-refractivity contribution in [3.63, 3.8) is 0 Å². The zero-order chi connectivity index (χ0) is 11.2. The molecule has 0 atom stereocenters. The predicted molar refractivity (Wildman–Crippen MR) is 58.9 cm³/mol. The molecule has 0 radical (unpaired) electrons. The number of hydrogen-bond donors (Lipinski definition) is 1. The molecule has 84 valence electrons. The molecule has 0 aromatic rings. The van der Waals surface area contributed by atoms with E-state index in [4.69, 9.17) is 3.34 Å². The topological polar surface area (TPSA) is 24.4 Å². The molecule has 0 aliphatic heterocycles. The van der Waals surface area contributed by atoms with Crippen LogP contribution in [0.2, 0.25) is 0 Å². The molecule has 0 heterocycles.